The fraction of sp³-hybridized carbons (Fsp3) is 0.0769. The van der Waals surface area contributed by atoms with E-state index in [0.29, 0.717) is 12.0 Å². The van der Waals surface area contributed by atoms with E-state index in [4.69, 9.17) is 9.52 Å². The first kappa shape index (κ1) is 12.4. The number of hydrogen-bond donors (Lipinski definition) is 1. The Balaban J connectivity index is 2.11. The van der Waals surface area contributed by atoms with E-state index in [0.717, 1.165) is 10.5 Å². The fourth-order valence-corrected chi connectivity index (χ4v) is 2.05. The monoisotopic (exact) mass is 262 g/mol. The number of rotatable bonds is 5. The minimum Gasteiger partial charge on any atom is -0.481 e. The number of hydrogen-bond acceptors (Lipinski definition) is 4. The number of carboxylic acid groups (broad SMARTS) is 1. The summed E-state index contributed by atoms with van der Waals surface area (Å²) in [5.74, 6) is 0.0991. The molecule has 0 atom stereocenters. The molecule has 1 heterocycles. The Hall–Kier alpha value is -2.01. The Morgan fingerprint density at radius 3 is 2.50 bits per heavy atom. The molecule has 1 N–H and O–H groups in total. The van der Waals surface area contributed by atoms with Gasteiger partial charge in [-0.15, -0.1) is 11.8 Å². The van der Waals surface area contributed by atoms with Crippen molar-refractivity contribution in [2.45, 2.75) is 4.90 Å². The lowest BCUT2D eigenvalue weighted by atomic mass is 10.2. The van der Waals surface area contributed by atoms with Gasteiger partial charge in [0, 0.05) is 10.5 Å². The summed E-state index contributed by atoms with van der Waals surface area (Å²) < 4.78 is 5.29. The standard InChI is InChI=1S/C13H10O4S/c14-7-10-3-6-12(17-10)9-1-4-11(5-2-9)18-8-13(15)16/h1-7H,8H2,(H,15,16). The van der Waals surface area contributed by atoms with Gasteiger partial charge in [-0.3, -0.25) is 9.59 Å². The SMILES string of the molecule is O=Cc1ccc(-c2ccc(SCC(=O)O)cc2)o1. The van der Waals surface area contributed by atoms with Crippen LogP contribution in [0.25, 0.3) is 11.3 Å². The van der Waals surface area contributed by atoms with E-state index >= 15 is 0 Å². The molecule has 5 heteroatoms. The van der Waals surface area contributed by atoms with Gasteiger partial charge in [-0.05, 0) is 24.3 Å². The van der Waals surface area contributed by atoms with E-state index in [-0.39, 0.29) is 11.5 Å². The molecule has 18 heavy (non-hydrogen) atoms. The molecule has 0 bridgehead atoms. The maximum atomic E-state index is 10.5. The number of furan rings is 1. The minimum atomic E-state index is -0.842. The summed E-state index contributed by atoms with van der Waals surface area (Å²) in [6.45, 7) is 0. The predicted molar refractivity (Wildman–Crippen MR) is 67.9 cm³/mol. The second-order valence-electron chi connectivity index (χ2n) is 3.53. The lowest BCUT2D eigenvalue weighted by Gasteiger charge is -2.00. The third kappa shape index (κ3) is 3.01. The highest BCUT2D eigenvalue weighted by atomic mass is 32.2. The van der Waals surface area contributed by atoms with Gasteiger partial charge in [-0.2, -0.15) is 0 Å². The molecule has 0 radical (unpaired) electrons. The molecule has 0 saturated heterocycles. The third-order valence-electron chi connectivity index (χ3n) is 2.24. The number of aldehydes is 1. The number of carboxylic acids is 1. The quantitative estimate of drug-likeness (QED) is 0.662. The molecule has 1 aromatic carbocycles. The minimum absolute atomic E-state index is 0.0371. The number of carbonyl (C=O) groups excluding carboxylic acids is 1. The Morgan fingerprint density at radius 1 is 1.22 bits per heavy atom. The Kier molecular flexibility index (Phi) is 3.84. The van der Waals surface area contributed by atoms with E-state index in [1.165, 1.54) is 11.8 Å². The van der Waals surface area contributed by atoms with Crippen LogP contribution in [0.2, 0.25) is 0 Å². The summed E-state index contributed by atoms with van der Waals surface area (Å²) in [4.78, 5) is 21.8. The number of thioether (sulfide) groups is 1. The van der Waals surface area contributed by atoms with Crippen LogP contribution in [0.3, 0.4) is 0 Å². The van der Waals surface area contributed by atoms with Gasteiger partial charge in [0.25, 0.3) is 0 Å². The van der Waals surface area contributed by atoms with Gasteiger partial charge in [0.15, 0.2) is 12.0 Å². The predicted octanol–water partition coefficient (Wildman–Crippen LogP) is 2.94. The molecule has 0 aliphatic heterocycles. The van der Waals surface area contributed by atoms with Crippen LogP contribution < -0.4 is 0 Å². The van der Waals surface area contributed by atoms with Crippen molar-refractivity contribution in [1.29, 1.82) is 0 Å². The fourth-order valence-electron chi connectivity index (χ4n) is 1.43. The first-order chi connectivity index (χ1) is 8.69. The first-order valence-corrected chi connectivity index (χ1v) is 6.17. The van der Waals surface area contributed by atoms with Crippen LogP contribution in [0.15, 0.2) is 45.7 Å². The van der Waals surface area contributed by atoms with Crippen molar-refractivity contribution in [3.8, 4) is 11.3 Å². The normalized spacial score (nSPS) is 10.2. The molecular weight excluding hydrogens is 252 g/mol. The average Bonchev–Trinajstić information content (AvgIpc) is 2.85. The van der Waals surface area contributed by atoms with E-state index in [1.807, 2.05) is 24.3 Å². The molecule has 0 amide bonds. The van der Waals surface area contributed by atoms with Gasteiger partial charge < -0.3 is 9.52 Å². The second kappa shape index (κ2) is 5.55. The van der Waals surface area contributed by atoms with Crippen molar-refractivity contribution >= 4 is 24.0 Å². The van der Waals surface area contributed by atoms with Crippen LogP contribution in [-0.2, 0) is 4.79 Å². The van der Waals surface area contributed by atoms with E-state index in [1.54, 1.807) is 12.1 Å². The number of benzene rings is 1. The van der Waals surface area contributed by atoms with Crippen LogP contribution in [0.4, 0.5) is 0 Å². The van der Waals surface area contributed by atoms with Gasteiger partial charge >= 0.3 is 5.97 Å². The maximum Gasteiger partial charge on any atom is 0.313 e. The summed E-state index contributed by atoms with van der Waals surface area (Å²) in [6.07, 6.45) is 0.653. The summed E-state index contributed by atoms with van der Waals surface area (Å²) in [5, 5.41) is 8.57. The third-order valence-corrected chi connectivity index (χ3v) is 3.24. The first-order valence-electron chi connectivity index (χ1n) is 5.19. The van der Waals surface area contributed by atoms with Gasteiger partial charge in [0.1, 0.15) is 5.76 Å². The molecule has 0 aliphatic carbocycles. The largest absolute Gasteiger partial charge is 0.481 e. The van der Waals surface area contributed by atoms with Crippen molar-refractivity contribution in [1.82, 2.24) is 0 Å². The molecule has 1 aromatic heterocycles. The molecule has 0 fully saturated rings. The molecule has 92 valence electrons. The van der Waals surface area contributed by atoms with Crippen LogP contribution in [0.5, 0.6) is 0 Å². The van der Waals surface area contributed by atoms with Crippen molar-refractivity contribution in [2.75, 3.05) is 5.75 Å². The summed E-state index contributed by atoms with van der Waals surface area (Å²) in [7, 11) is 0. The topological polar surface area (TPSA) is 67.5 Å². The van der Waals surface area contributed by atoms with Crippen LogP contribution >= 0.6 is 11.8 Å². The van der Waals surface area contributed by atoms with Crippen molar-refractivity contribution in [3.05, 3.63) is 42.2 Å². The zero-order chi connectivity index (χ0) is 13.0. The highest BCUT2D eigenvalue weighted by Crippen LogP contribution is 2.25. The smallest absolute Gasteiger partial charge is 0.313 e. The van der Waals surface area contributed by atoms with E-state index in [9.17, 15) is 9.59 Å². The molecule has 2 rings (SSSR count). The summed E-state index contributed by atoms with van der Waals surface area (Å²) in [5.41, 5.74) is 0.850. The Morgan fingerprint density at radius 2 is 1.94 bits per heavy atom. The molecule has 0 saturated carbocycles. The Labute approximate surface area is 108 Å². The highest BCUT2D eigenvalue weighted by Gasteiger charge is 2.05. The number of aliphatic carboxylic acids is 1. The number of carbonyl (C=O) groups is 2. The Bertz CT molecular complexity index is 557. The van der Waals surface area contributed by atoms with E-state index in [2.05, 4.69) is 0 Å². The molecule has 2 aromatic rings. The van der Waals surface area contributed by atoms with Gasteiger partial charge in [-0.1, -0.05) is 12.1 Å². The average molecular weight is 262 g/mol. The maximum absolute atomic E-state index is 10.5. The van der Waals surface area contributed by atoms with Crippen LogP contribution in [-0.4, -0.2) is 23.1 Å². The van der Waals surface area contributed by atoms with E-state index < -0.39 is 5.97 Å². The molecule has 0 spiro atoms. The van der Waals surface area contributed by atoms with Crippen molar-refractivity contribution in [2.24, 2.45) is 0 Å². The van der Waals surface area contributed by atoms with Crippen molar-refractivity contribution < 1.29 is 19.1 Å². The summed E-state index contributed by atoms with van der Waals surface area (Å²) in [6, 6.07) is 10.6. The molecule has 4 nitrogen and oxygen atoms in total. The molecule has 0 unspecified atom stereocenters. The molecule has 0 aliphatic rings. The van der Waals surface area contributed by atoms with Crippen LogP contribution in [0.1, 0.15) is 10.6 Å². The lowest BCUT2D eigenvalue weighted by Crippen LogP contribution is -1.97. The zero-order valence-corrected chi connectivity index (χ0v) is 10.1. The van der Waals surface area contributed by atoms with Crippen molar-refractivity contribution in [3.63, 3.8) is 0 Å². The zero-order valence-electron chi connectivity index (χ0n) is 9.33. The van der Waals surface area contributed by atoms with Gasteiger partial charge in [0.05, 0.1) is 5.75 Å². The van der Waals surface area contributed by atoms with Crippen LogP contribution in [0, 0.1) is 0 Å². The molecular formula is C13H10O4S. The summed E-state index contributed by atoms with van der Waals surface area (Å²) >= 11 is 1.26. The lowest BCUT2D eigenvalue weighted by molar-refractivity contribution is -0.133. The second-order valence-corrected chi connectivity index (χ2v) is 4.58. The highest BCUT2D eigenvalue weighted by molar-refractivity contribution is 8.00. The van der Waals surface area contributed by atoms with Gasteiger partial charge in [0.2, 0.25) is 0 Å². The van der Waals surface area contributed by atoms with Gasteiger partial charge in [-0.25, -0.2) is 0 Å².